The van der Waals surface area contributed by atoms with Crippen molar-refractivity contribution in [2.24, 2.45) is 5.92 Å². The molecule has 1 rings (SSSR count). The minimum absolute atomic E-state index is 0.0467. The van der Waals surface area contributed by atoms with E-state index in [9.17, 15) is 19.5 Å². The van der Waals surface area contributed by atoms with Gasteiger partial charge < -0.3 is 20.5 Å². The largest absolute Gasteiger partial charge is 0.480 e. The van der Waals surface area contributed by atoms with Gasteiger partial charge in [0.25, 0.3) is 0 Å². The van der Waals surface area contributed by atoms with Gasteiger partial charge in [-0.25, -0.2) is 9.59 Å². The van der Waals surface area contributed by atoms with E-state index < -0.39 is 24.0 Å². The average Bonchev–Trinajstić information content (AvgIpc) is 2.43. The van der Waals surface area contributed by atoms with Crippen LogP contribution in [0.2, 0.25) is 0 Å². The molecule has 2 amide bonds. The fourth-order valence-corrected chi connectivity index (χ4v) is 2.41. The van der Waals surface area contributed by atoms with Gasteiger partial charge in [-0.15, -0.1) is 0 Å². The number of rotatable bonds is 6. The van der Waals surface area contributed by atoms with Crippen LogP contribution in [0.25, 0.3) is 0 Å². The van der Waals surface area contributed by atoms with Gasteiger partial charge >= 0.3 is 18.0 Å². The van der Waals surface area contributed by atoms with Crippen molar-refractivity contribution in [1.82, 2.24) is 10.6 Å². The number of nitrogens with one attached hydrogen (secondary N) is 2. The number of carbonyl (C=O) groups is 3. The van der Waals surface area contributed by atoms with Gasteiger partial charge in [0, 0.05) is 0 Å². The summed E-state index contributed by atoms with van der Waals surface area (Å²) < 4.78 is 4.66. The molecule has 0 radical (unpaired) electrons. The number of hydrogen-bond donors (Lipinski definition) is 3. The molecule has 1 fully saturated rings. The summed E-state index contributed by atoms with van der Waals surface area (Å²) in [5.74, 6) is -1.63. The van der Waals surface area contributed by atoms with E-state index in [1.165, 1.54) is 0 Å². The normalized spacial score (nSPS) is 17.1. The number of amides is 2. The maximum absolute atomic E-state index is 11.6. The van der Waals surface area contributed by atoms with Gasteiger partial charge in [0.05, 0.1) is 6.61 Å². The Morgan fingerprint density at radius 2 is 1.90 bits per heavy atom. The summed E-state index contributed by atoms with van der Waals surface area (Å²) in [5, 5.41) is 13.9. The number of hydrogen-bond acceptors (Lipinski definition) is 4. The smallest absolute Gasteiger partial charge is 0.326 e. The average molecular weight is 286 g/mol. The summed E-state index contributed by atoms with van der Waals surface area (Å²) in [6.45, 7) is 1.64. The molecule has 1 aliphatic rings. The van der Waals surface area contributed by atoms with E-state index in [0.29, 0.717) is 0 Å². The van der Waals surface area contributed by atoms with Crippen LogP contribution in [0.3, 0.4) is 0 Å². The monoisotopic (exact) mass is 286 g/mol. The first-order valence-corrected chi connectivity index (χ1v) is 6.97. The lowest BCUT2D eigenvalue weighted by Crippen LogP contribution is -2.51. The van der Waals surface area contributed by atoms with Crippen LogP contribution in [0.1, 0.15) is 39.0 Å². The van der Waals surface area contributed by atoms with Crippen LogP contribution in [0.15, 0.2) is 0 Å². The van der Waals surface area contributed by atoms with Crippen LogP contribution in [-0.2, 0) is 14.3 Å². The second kappa shape index (κ2) is 8.39. The van der Waals surface area contributed by atoms with E-state index in [2.05, 4.69) is 15.4 Å². The van der Waals surface area contributed by atoms with Crippen LogP contribution < -0.4 is 10.6 Å². The number of ether oxygens (including phenoxy) is 1. The first kappa shape index (κ1) is 16.3. The van der Waals surface area contributed by atoms with Crippen LogP contribution >= 0.6 is 0 Å². The topological polar surface area (TPSA) is 105 Å². The number of urea groups is 1. The number of esters is 1. The molecule has 1 atom stereocenters. The Bertz CT molecular complexity index is 353. The third-order valence-electron chi connectivity index (χ3n) is 3.37. The van der Waals surface area contributed by atoms with Gasteiger partial charge in [-0.05, 0) is 25.7 Å². The Balaban J connectivity index is 2.42. The highest BCUT2D eigenvalue weighted by Gasteiger charge is 2.30. The molecule has 1 unspecified atom stereocenters. The van der Waals surface area contributed by atoms with Crippen molar-refractivity contribution in [3.8, 4) is 0 Å². The molecule has 1 saturated carbocycles. The third-order valence-corrected chi connectivity index (χ3v) is 3.37. The molecule has 0 aromatic rings. The summed E-state index contributed by atoms with van der Waals surface area (Å²) in [5.41, 5.74) is 0. The third kappa shape index (κ3) is 5.46. The minimum Gasteiger partial charge on any atom is -0.480 e. The van der Waals surface area contributed by atoms with Gasteiger partial charge in [-0.2, -0.15) is 0 Å². The van der Waals surface area contributed by atoms with Crippen molar-refractivity contribution in [3.05, 3.63) is 0 Å². The van der Waals surface area contributed by atoms with Crippen LogP contribution in [0.4, 0.5) is 4.79 Å². The maximum atomic E-state index is 11.6. The standard InChI is InChI=1S/C13H22N2O5/c1-2-20-10(16)8-14-13(19)15-11(12(17)18)9-6-4-3-5-7-9/h9,11H,2-8H2,1H3,(H,17,18)(H2,14,15,19). The van der Waals surface area contributed by atoms with Crippen molar-refractivity contribution in [2.45, 2.75) is 45.1 Å². The van der Waals surface area contributed by atoms with Crippen LogP contribution in [0.5, 0.6) is 0 Å². The Hall–Kier alpha value is -1.79. The Kier molecular flexibility index (Phi) is 6.83. The number of carboxylic acids is 1. The summed E-state index contributed by atoms with van der Waals surface area (Å²) in [4.78, 5) is 33.9. The molecule has 0 bridgehead atoms. The highest BCUT2D eigenvalue weighted by molar-refractivity contribution is 5.85. The van der Waals surface area contributed by atoms with Crippen molar-refractivity contribution in [3.63, 3.8) is 0 Å². The van der Waals surface area contributed by atoms with Gasteiger partial charge in [-0.3, -0.25) is 4.79 Å². The molecule has 1 aliphatic carbocycles. The molecule has 7 heteroatoms. The van der Waals surface area contributed by atoms with E-state index in [1.54, 1.807) is 6.92 Å². The SMILES string of the molecule is CCOC(=O)CNC(=O)NC(C(=O)O)C1CCCCC1. The van der Waals surface area contributed by atoms with Crippen molar-refractivity contribution in [2.75, 3.05) is 13.2 Å². The van der Waals surface area contributed by atoms with E-state index in [4.69, 9.17) is 0 Å². The lowest BCUT2D eigenvalue weighted by atomic mass is 9.84. The second-order valence-electron chi connectivity index (χ2n) is 4.85. The molecular formula is C13H22N2O5. The Morgan fingerprint density at radius 3 is 2.45 bits per heavy atom. The molecule has 0 aromatic heterocycles. The number of aliphatic carboxylic acids is 1. The Morgan fingerprint density at radius 1 is 1.25 bits per heavy atom. The first-order chi connectivity index (χ1) is 9.54. The zero-order valence-electron chi connectivity index (χ0n) is 11.7. The molecule has 3 N–H and O–H groups in total. The maximum Gasteiger partial charge on any atom is 0.326 e. The van der Waals surface area contributed by atoms with Crippen molar-refractivity contribution in [1.29, 1.82) is 0 Å². The molecule has 20 heavy (non-hydrogen) atoms. The number of carbonyl (C=O) groups excluding carboxylic acids is 2. The van der Waals surface area contributed by atoms with Crippen LogP contribution in [0, 0.1) is 5.92 Å². The van der Waals surface area contributed by atoms with E-state index in [0.717, 1.165) is 32.1 Å². The predicted octanol–water partition coefficient (Wildman–Crippen LogP) is 0.882. The summed E-state index contributed by atoms with van der Waals surface area (Å²) in [6, 6.07) is -1.56. The van der Waals surface area contributed by atoms with Gasteiger partial charge in [0.15, 0.2) is 0 Å². The highest BCUT2D eigenvalue weighted by atomic mass is 16.5. The van der Waals surface area contributed by atoms with Crippen molar-refractivity contribution >= 4 is 18.0 Å². The van der Waals surface area contributed by atoms with Crippen LogP contribution in [-0.4, -0.2) is 42.3 Å². The van der Waals surface area contributed by atoms with E-state index in [1.807, 2.05) is 0 Å². The molecule has 0 saturated heterocycles. The van der Waals surface area contributed by atoms with Crippen molar-refractivity contribution < 1.29 is 24.2 Å². The fourth-order valence-electron chi connectivity index (χ4n) is 2.41. The summed E-state index contributed by atoms with van der Waals surface area (Å²) in [7, 11) is 0. The van der Waals surface area contributed by atoms with Gasteiger partial charge in [0.2, 0.25) is 0 Å². The molecule has 0 spiro atoms. The molecule has 7 nitrogen and oxygen atoms in total. The lowest BCUT2D eigenvalue weighted by Gasteiger charge is -2.27. The van der Waals surface area contributed by atoms with Gasteiger partial charge in [-0.1, -0.05) is 19.3 Å². The Labute approximate surface area is 118 Å². The zero-order valence-corrected chi connectivity index (χ0v) is 11.7. The summed E-state index contributed by atoms with van der Waals surface area (Å²) >= 11 is 0. The van der Waals surface area contributed by atoms with Gasteiger partial charge in [0.1, 0.15) is 12.6 Å². The predicted molar refractivity (Wildman–Crippen MR) is 71.2 cm³/mol. The quantitative estimate of drug-likeness (QED) is 0.629. The van der Waals surface area contributed by atoms with E-state index >= 15 is 0 Å². The zero-order chi connectivity index (χ0) is 15.0. The summed E-state index contributed by atoms with van der Waals surface area (Å²) in [6.07, 6.45) is 4.68. The molecule has 0 aromatic carbocycles. The highest BCUT2D eigenvalue weighted by Crippen LogP contribution is 2.26. The number of carboxylic acid groups (broad SMARTS) is 1. The molecule has 0 heterocycles. The molecular weight excluding hydrogens is 264 g/mol. The first-order valence-electron chi connectivity index (χ1n) is 6.97. The van der Waals surface area contributed by atoms with E-state index in [-0.39, 0.29) is 19.1 Å². The molecule has 0 aliphatic heterocycles. The fraction of sp³-hybridized carbons (Fsp3) is 0.769. The second-order valence-corrected chi connectivity index (χ2v) is 4.85. The lowest BCUT2D eigenvalue weighted by molar-refractivity contribution is -0.142. The minimum atomic E-state index is -1.04. The molecule has 114 valence electrons.